The van der Waals surface area contributed by atoms with Crippen LogP contribution in [0, 0.1) is 0 Å². The maximum atomic E-state index is 13.0. The van der Waals surface area contributed by atoms with Crippen LogP contribution in [-0.2, 0) is 4.79 Å². The average Bonchev–Trinajstić information content (AvgIpc) is 2.61. The summed E-state index contributed by atoms with van der Waals surface area (Å²) in [5, 5.41) is 7.05. The monoisotopic (exact) mass is 423 g/mol. The van der Waals surface area contributed by atoms with Crippen molar-refractivity contribution in [2.75, 3.05) is 12.4 Å². The van der Waals surface area contributed by atoms with E-state index in [1.165, 1.54) is 4.90 Å². The third kappa shape index (κ3) is 4.05. The van der Waals surface area contributed by atoms with Gasteiger partial charge in [-0.15, -0.1) is 0 Å². The number of anilines is 1. The summed E-state index contributed by atoms with van der Waals surface area (Å²) in [6.07, 6.45) is 0. The normalized spacial score (nSPS) is 17.0. The second-order valence-electron chi connectivity index (χ2n) is 6.07. The minimum atomic E-state index is -0.703. The van der Waals surface area contributed by atoms with Crippen molar-refractivity contribution < 1.29 is 9.59 Å². The molecule has 0 radical (unpaired) electrons. The van der Waals surface area contributed by atoms with Gasteiger partial charge in [-0.1, -0.05) is 40.9 Å². The molecule has 0 bridgehead atoms. The number of halogens is 3. The molecule has 1 aliphatic heterocycles. The topological polar surface area (TPSA) is 61.4 Å². The molecule has 0 spiro atoms. The minimum Gasteiger partial charge on any atom is -0.326 e. The van der Waals surface area contributed by atoms with Crippen LogP contribution in [0.25, 0.3) is 0 Å². The van der Waals surface area contributed by atoms with E-state index in [4.69, 9.17) is 34.8 Å². The Balaban J connectivity index is 2.02. The Morgan fingerprint density at radius 2 is 1.70 bits per heavy atom. The second kappa shape index (κ2) is 7.80. The molecule has 1 aliphatic rings. The molecule has 0 saturated carbocycles. The highest BCUT2D eigenvalue weighted by atomic mass is 35.5. The summed E-state index contributed by atoms with van der Waals surface area (Å²) in [5.74, 6) is -0.349. The first-order valence-electron chi connectivity index (χ1n) is 8.05. The third-order valence-electron chi connectivity index (χ3n) is 4.37. The molecule has 2 N–H and O–H groups in total. The van der Waals surface area contributed by atoms with Crippen molar-refractivity contribution in [3.8, 4) is 0 Å². The first-order valence-corrected chi connectivity index (χ1v) is 9.18. The second-order valence-corrected chi connectivity index (χ2v) is 7.35. The van der Waals surface area contributed by atoms with Crippen molar-refractivity contribution in [2.24, 2.45) is 0 Å². The lowest BCUT2D eigenvalue weighted by Gasteiger charge is -2.34. The number of urea groups is 1. The number of carbonyl (C=O) groups is 2. The van der Waals surface area contributed by atoms with E-state index < -0.39 is 6.04 Å². The van der Waals surface area contributed by atoms with Gasteiger partial charge in [0.2, 0.25) is 0 Å². The van der Waals surface area contributed by atoms with E-state index in [1.54, 1.807) is 56.4 Å². The van der Waals surface area contributed by atoms with Crippen LogP contribution in [0.3, 0.4) is 0 Å². The van der Waals surface area contributed by atoms with Crippen molar-refractivity contribution in [3.63, 3.8) is 0 Å². The van der Waals surface area contributed by atoms with E-state index in [0.717, 1.165) is 0 Å². The largest absolute Gasteiger partial charge is 0.326 e. The lowest BCUT2D eigenvalue weighted by molar-refractivity contribution is -0.113. The first kappa shape index (κ1) is 19.5. The Morgan fingerprint density at radius 3 is 2.33 bits per heavy atom. The summed E-state index contributed by atoms with van der Waals surface area (Å²) in [6.45, 7) is 1.71. The molecular weight excluding hydrogens is 409 g/mol. The number of nitrogens with one attached hydrogen (secondary N) is 2. The van der Waals surface area contributed by atoms with E-state index in [0.29, 0.717) is 37.6 Å². The number of amides is 3. The predicted molar refractivity (Wildman–Crippen MR) is 108 cm³/mol. The molecule has 2 aromatic rings. The Hall–Kier alpha value is -2.21. The van der Waals surface area contributed by atoms with Crippen LogP contribution in [0.1, 0.15) is 18.5 Å². The molecule has 8 heteroatoms. The van der Waals surface area contributed by atoms with Crippen molar-refractivity contribution in [3.05, 3.63) is 74.4 Å². The van der Waals surface area contributed by atoms with Crippen molar-refractivity contribution in [1.82, 2.24) is 10.2 Å². The Kier molecular flexibility index (Phi) is 5.65. The Labute approximate surface area is 171 Å². The Bertz CT molecular complexity index is 942. The fourth-order valence-corrected chi connectivity index (χ4v) is 3.47. The summed E-state index contributed by atoms with van der Waals surface area (Å²) in [5.41, 5.74) is 2.09. The maximum Gasteiger partial charge on any atom is 0.322 e. The molecule has 1 atom stereocenters. The number of nitrogens with zero attached hydrogens (tertiary/aromatic N) is 1. The zero-order valence-electron chi connectivity index (χ0n) is 14.5. The van der Waals surface area contributed by atoms with E-state index >= 15 is 0 Å². The highest BCUT2D eigenvalue weighted by molar-refractivity contribution is 6.35. The molecule has 3 rings (SSSR count). The van der Waals surface area contributed by atoms with Gasteiger partial charge in [-0.05, 0) is 48.9 Å². The summed E-state index contributed by atoms with van der Waals surface area (Å²) in [6, 6.07) is 10.7. The van der Waals surface area contributed by atoms with Gasteiger partial charge in [-0.25, -0.2) is 4.79 Å². The van der Waals surface area contributed by atoms with Gasteiger partial charge in [0, 0.05) is 33.5 Å². The van der Waals surface area contributed by atoms with E-state index in [1.807, 2.05) is 0 Å². The predicted octanol–water partition coefficient (Wildman–Crippen LogP) is 5.26. The minimum absolute atomic E-state index is 0.327. The number of carbonyl (C=O) groups excluding carboxylic acids is 2. The van der Waals surface area contributed by atoms with Crippen LogP contribution in [0.5, 0.6) is 0 Å². The lowest BCUT2D eigenvalue weighted by atomic mass is 9.94. The van der Waals surface area contributed by atoms with Crippen molar-refractivity contribution in [1.29, 1.82) is 0 Å². The number of hydrogen-bond donors (Lipinski definition) is 2. The average molecular weight is 425 g/mol. The van der Waals surface area contributed by atoms with E-state index in [-0.39, 0.29) is 11.9 Å². The number of hydrogen-bond acceptors (Lipinski definition) is 2. The smallest absolute Gasteiger partial charge is 0.322 e. The van der Waals surface area contributed by atoms with Crippen molar-refractivity contribution >= 4 is 52.4 Å². The van der Waals surface area contributed by atoms with Crippen LogP contribution in [-0.4, -0.2) is 23.9 Å². The lowest BCUT2D eigenvalue weighted by Crippen LogP contribution is -2.46. The zero-order valence-corrected chi connectivity index (χ0v) is 16.8. The van der Waals surface area contributed by atoms with E-state index in [9.17, 15) is 9.59 Å². The standard InChI is InChI=1S/C19H16Cl3N3O2/c1-10-16(18(26)23-13-6-3-11(20)4-7-13)17(24-19(27)25(10)2)14-8-5-12(21)9-15(14)22/h3-9,17H,1-2H3,(H,23,26)(H,24,27). The van der Waals surface area contributed by atoms with Gasteiger partial charge < -0.3 is 15.5 Å². The van der Waals surface area contributed by atoms with Crippen molar-refractivity contribution in [2.45, 2.75) is 13.0 Å². The molecule has 1 unspecified atom stereocenters. The first-order chi connectivity index (χ1) is 12.8. The number of rotatable bonds is 3. The van der Waals surface area contributed by atoms with Gasteiger partial charge in [-0.2, -0.15) is 0 Å². The molecule has 2 aromatic carbocycles. The van der Waals surface area contributed by atoms with Gasteiger partial charge in [0.05, 0.1) is 11.6 Å². The molecule has 140 valence electrons. The maximum absolute atomic E-state index is 13.0. The van der Waals surface area contributed by atoms with Crippen LogP contribution in [0.4, 0.5) is 10.5 Å². The molecule has 1 heterocycles. The van der Waals surface area contributed by atoms with Crippen LogP contribution < -0.4 is 10.6 Å². The van der Waals surface area contributed by atoms with Crippen LogP contribution in [0.15, 0.2) is 53.7 Å². The quantitative estimate of drug-likeness (QED) is 0.706. The number of allylic oxidation sites excluding steroid dienone is 1. The fourth-order valence-electron chi connectivity index (χ4n) is 2.83. The van der Waals surface area contributed by atoms with Gasteiger partial charge in [-0.3, -0.25) is 4.79 Å². The highest BCUT2D eigenvalue weighted by Crippen LogP contribution is 2.35. The third-order valence-corrected chi connectivity index (χ3v) is 5.19. The fraction of sp³-hybridized carbons (Fsp3) is 0.158. The molecule has 0 aromatic heterocycles. The van der Waals surface area contributed by atoms with E-state index in [2.05, 4.69) is 10.6 Å². The van der Waals surface area contributed by atoms with Gasteiger partial charge >= 0.3 is 6.03 Å². The van der Waals surface area contributed by atoms with Crippen LogP contribution in [0.2, 0.25) is 15.1 Å². The summed E-state index contributed by atoms with van der Waals surface area (Å²) in [7, 11) is 1.60. The van der Waals surface area contributed by atoms with Gasteiger partial charge in [0.1, 0.15) is 0 Å². The molecule has 3 amide bonds. The van der Waals surface area contributed by atoms with Gasteiger partial charge in [0.15, 0.2) is 0 Å². The molecular formula is C19H16Cl3N3O2. The highest BCUT2D eigenvalue weighted by Gasteiger charge is 2.35. The van der Waals surface area contributed by atoms with Gasteiger partial charge in [0.25, 0.3) is 5.91 Å². The molecule has 0 saturated heterocycles. The molecule has 0 fully saturated rings. The molecule has 27 heavy (non-hydrogen) atoms. The van der Waals surface area contributed by atoms with Crippen LogP contribution >= 0.6 is 34.8 Å². The molecule has 0 aliphatic carbocycles. The summed E-state index contributed by atoms with van der Waals surface area (Å²) >= 11 is 18.2. The SMILES string of the molecule is CC1=C(C(=O)Nc2ccc(Cl)cc2)C(c2ccc(Cl)cc2Cl)NC(=O)N1C. The zero-order chi connectivity index (χ0) is 19.7. The molecule has 5 nitrogen and oxygen atoms in total. The number of benzene rings is 2. The summed E-state index contributed by atoms with van der Waals surface area (Å²) in [4.78, 5) is 26.7. The summed E-state index contributed by atoms with van der Waals surface area (Å²) < 4.78 is 0. The Morgan fingerprint density at radius 1 is 1.07 bits per heavy atom.